The summed E-state index contributed by atoms with van der Waals surface area (Å²) in [5.74, 6) is 5.09. The molecule has 0 atom stereocenters. The van der Waals surface area contributed by atoms with E-state index in [-0.39, 0.29) is 0 Å². The molecule has 0 aliphatic heterocycles. The fourth-order valence-electron chi connectivity index (χ4n) is 5.38. The maximum absolute atomic E-state index is 3.79. The maximum Gasteiger partial charge on any atom is 0.0703 e. The minimum absolute atomic E-state index is 0.364. The fraction of sp³-hybridized carbons (Fsp3) is 0.667. The van der Waals surface area contributed by atoms with Crippen molar-refractivity contribution < 1.29 is 0 Å². The molecule has 108 valence electrons. The fourth-order valence-corrected chi connectivity index (χ4v) is 6.98. The molecule has 0 spiro atoms. The maximum atomic E-state index is 3.79. The summed E-state index contributed by atoms with van der Waals surface area (Å²) >= 11 is 2.20. The highest BCUT2D eigenvalue weighted by molar-refractivity contribution is 7.99. The van der Waals surface area contributed by atoms with Crippen LogP contribution >= 0.6 is 11.8 Å². The number of nitrogens with one attached hydrogen (secondary N) is 1. The van der Waals surface area contributed by atoms with Crippen molar-refractivity contribution in [1.82, 2.24) is 5.32 Å². The van der Waals surface area contributed by atoms with Gasteiger partial charge in [0.2, 0.25) is 0 Å². The predicted molar refractivity (Wildman–Crippen MR) is 86.6 cm³/mol. The highest BCUT2D eigenvalue weighted by Gasteiger charge is 2.56. The molecule has 4 saturated carbocycles. The van der Waals surface area contributed by atoms with Crippen LogP contribution in [0.2, 0.25) is 0 Å². The van der Waals surface area contributed by atoms with Gasteiger partial charge in [-0.1, -0.05) is 30.3 Å². The molecule has 0 heterocycles. The Kier molecular flexibility index (Phi) is 3.35. The van der Waals surface area contributed by atoms with Gasteiger partial charge in [0.05, 0.1) is 4.87 Å². The Hall–Kier alpha value is -0.470. The van der Waals surface area contributed by atoms with Crippen LogP contribution in [-0.4, -0.2) is 11.9 Å². The van der Waals surface area contributed by atoms with Crippen molar-refractivity contribution in [2.24, 2.45) is 23.7 Å². The van der Waals surface area contributed by atoms with Crippen LogP contribution in [0.5, 0.6) is 0 Å². The summed E-state index contributed by atoms with van der Waals surface area (Å²) in [6, 6.07) is 11.0. The minimum atomic E-state index is 0.364. The van der Waals surface area contributed by atoms with Crippen LogP contribution in [0.1, 0.15) is 37.7 Å². The van der Waals surface area contributed by atoms with Crippen molar-refractivity contribution >= 4 is 11.8 Å². The lowest BCUT2D eigenvalue weighted by molar-refractivity contribution is -0.0268. The molecule has 4 bridgehead atoms. The van der Waals surface area contributed by atoms with Gasteiger partial charge in [-0.3, -0.25) is 0 Å². The van der Waals surface area contributed by atoms with E-state index in [1.54, 1.807) is 0 Å². The zero-order valence-corrected chi connectivity index (χ0v) is 13.2. The van der Waals surface area contributed by atoms with Crippen LogP contribution in [0.3, 0.4) is 0 Å². The second-order valence-electron chi connectivity index (χ2n) is 7.12. The second kappa shape index (κ2) is 5.06. The Morgan fingerprint density at radius 2 is 1.60 bits per heavy atom. The number of rotatable bonds is 4. The van der Waals surface area contributed by atoms with Crippen LogP contribution in [0, 0.1) is 23.7 Å². The number of thioether (sulfide) groups is 1. The molecule has 4 aliphatic rings. The summed E-state index contributed by atoms with van der Waals surface area (Å²) in [6.45, 7) is 0. The van der Waals surface area contributed by atoms with Crippen LogP contribution in [0.15, 0.2) is 30.3 Å². The van der Waals surface area contributed by atoms with Gasteiger partial charge in [0, 0.05) is 5.75 Å². The lowest BCUT2D eigenvalue weighted by Crippen LogP contribution is -2.62. The van der Waals surface area contributed by atoms with Gasteiger partial charge in [-0.15, -0.1) is 11.8 Å². The van der Waals surface area contributed by atoms with Gasteiger partial charge in [0.1, 0.15) is 0 Å². The molecule has 4 aliphatic carbocycles. The zero-order valence-electron chi connectivity index (χ0n) is 12.3. The summed E-state index contributed by atoms with van der Waals surface area (Å²) in [5.41, 5.74) is 1.47. The topological polar surface area (TPSA) is 12.0 Å². The van der Waals surface area contributed by atoms with Crippen molar-refractivity contribution in [2.75, 3.05) is 7.05 Å². The van der Waals surface area contributed by atoms with Gasteiger partial charge < -0.3 is 5.32 Å². The summed E-state index contributed by atoms with van der Waals surface area (Å²) in [4.78, 5) is 0.364. The molecule has 1 nitrogen and oxygen atoms in total. The molecule has 0 saturated heterocycles. The highest BCUT2D eigenvalue weighted by atomic mass is 32.2. The lowest BCUT2D eigenvalue weighted by Gasteiger charge is -2.61. The first-order valence-electron chi connectivity index (χ1n) is 8.17. The average molecular weight is 287 g/mol. The first-order chi connectivity index (χ1) is 9.80. The van der Waals surface area contributed by atoms with Crippen molar-refractivity contribution in [3.05, 3.63) is 35.9 Å². The van der Waals surface area contributed by atoms with E-state index in [0.717, 1.165) is 29.4 Å². The van der Waals surface area contributed by atoms with Gasteiger partial charge in [0.15, 0.2) is 0 Å². The van der Waals surface area contributed by atoms with E-state index in [2.05, 4.69) is 54.5 Å². The van der Waals surface area contributed by atoms with Crippen molar-refractivity contribution in [3.63, 3.8) is 0 Å². The molecule has 0 amide bonds. The highest BCUT2D eigenvalue weighted by Crippen LogP contribution is 2.61. The smallest absolute Gasteiger partial charge is 0.0703 e. The molecule has 0 aromatic heterocycles. The molecule has 0 unspecified atom stereocenters. The zero-order chi connectivity index (χ0) is 13.6. The van der Waals surface area contributed by atoms with Crippen molar-refractivity contribution in [1.29, 1.82) is 0 Å². The number of benzene rings is 1. The normalized spacial score (nSPS) is 42.0. The molecular weight excluding hydrogens is 262 g/mol. The molecule has 5 rings (SSSR count). The van der Waals surface area contributed by atoms with Crippen LogP contribution in [0.25, 0.3) is 0 Å². The van der Waals surface area contributed by atoms with Gasteiger partial charge >= 0.3 is 0 Å². The Balaban J connectivity index is 1.54. The third-order valence-corrected chi connectivity index (χ3v) is 7.89. The van der Waals surface area contributed by atoms with Gasteiger partial charge in [0.25, 0.3) is 0 Å². The lowest BCUT2D eigenvalue weighted by atomic mass is 9.54. The SMILES string of the molecule is CNC1(SCc2ccccc2)C2CC3CC(C2)CC1C3. The van der Waals surface area contributed by atoms with E-state index in [1.165, 1.54) is 37.7 Å². The third kappa shape index (κ3) is 2.03. The molecule has 1 aromatic carbocycles. The Bertz CT molecular complexity index is 442. The third-order valence-electron chi connectivity index (χ3n) is 6.06. The summed E-state index contributed by atoms with van der Waals surface area (Å²) < 4.78 is 0. The molecule has 20 heavy (non-hydrogen) atoms. The number of hydrogen-bond donors (Lipinski definition) is 1. The van der Waals surface area contributed by atoms with Gasteiger partial charge in [-0.05, 0) is 68.4 Å². The summed E-state index contributed by atoms with van der Waals surface area (Å²) in [6.07, 6.45) is 7.46. The molecule has 4 fully saturated rings. The van der Waals surface area contributed by atoms with E-state index in [9.17, 15) is 0 Å². The predicted octanol–water partition coefficient (Wildman–Crippen LogP) is 4.29. The van der Waals surface area contributed by atoms with E-state index >= 15 is 0 Å². The average Bonchev–Trinajstić information content (AvgIpc) is 2.48. The largest absolute Gasteiger partial charge is 0.305 e. The standard InChI is InChI=1S/C18H25NS/c1-19-18(20-12-13-5-3-2-4-6-13)16-8-14-7-15(10-16)11-17(18)9-14/h2-6,14-17,19H,7-12H2,1H3. The van der Waals surface area contributed by atoms with Crippen LogP contribution in [0.4, 0.5) is 0 Å². The monoisotopic (exact) mass is 287 g/mol. The first kappa shape index (κ1) is 13.2. The molecule has 1 aromatic rings. The molecular formula is C18H25NS. The minimum Gasteiger partial charge on any atom is -0.305 e. The summed E-state index contributed by atoms with van der Waals surface area (Å²) in [5, 5.41) is 3.79. The number of hydrogen-bond acceptors (Lipinski definition) is 2. The van der Waals surface area contributed by atoms with E-state index in [0.29, 0.717) is 4.87 Å². The Morgan fingerprint density at radius 3 is 2.15 bits per heavy atom. The second-order valence-corrected chi connectivity index (χ2v) is 8.37. The Labute approximate surface area is 126 Å². The van der Waals surface area contributed by atoms with Crippen LogP contribution < -0.4 is 5.32 Å². The van der Waals surface area contributed by atoms with Gasteiger partial charge in [-0.25, -0.2) is 0 Å². The van der Waals surface area contributed by atoms with Gasteiger partial charge in [-0.2, -0.15) is 0 Å². The first-order valence-corrected chi connectivity index (χ1v) is 9.15. The molecule has 0 radical (unpaired) electrons. The van der Waals surface area contributed by atoms with Crippen molar-refractivity contribution in [3.8, 4) is 0 Å². The summed E-state index contributed by atoms with van der Waals surface area (Å²) in [7, 11) is 2.21. The van der Waals surface area contributed by atoms with E-state index in [1.807, 2.05) is 0 Å². The van der Waals surface area contributed by atoms with Crippen LogP contribution in [-0.2, 0) is 5.75 Å². The quantitative estimate of drug-likeness (QED) is 0.829. The van der Waals surface area contributed by atoms with E-state index < -0.39 is 0 Å². The van der Waals surface area contributed by atoms with E-state index in [4.69, 9.17) is 0 Å². The van der Waals surface area contributed by atoms with Crippen molar-refractivity contribution in [2.45, 2.75) is 42.7 Å². The Morgan fingerprint density at radius 1 is 1.00 bits per heavy atom. The molecule has 2 heteroatoms. The molecule has 1 N–H and O–H groups in total.